The zero-order chi connectivity index (χ0) is 18.1. The van der Waals surface area contributed by atoms with E-state index in [0.29, 0.717) is 30.9 Å². The highest BCUT2D eigenvalue weighted by Gasteiger charge is 2.04. The molecule has 0 aromatic heterocycles. The summed E-state index contributed by atoms with van der Waals surface area (Å²) >= 11 is 0. The number of carbonyl (C=O) groups is 2. The first-order valence-electron chi connectivity index (χ1n) is 8.21. The number of nitrogens with one attached hydrogen (secondary N) is 3. The Labute approximate surface area is 147 Å². The van der Waals surface area contributed by atoms with Crippen LogP contribution < -0.4 is 20.7 Å². The molecule has 0 fully saturated rings. The fourth-order valence-electron chi connectivity index (χ4n) is 2.26. The van der Waals surface area contributed by atoms with Crippen LogP contribution in [0.15, 0.2) is 48.5 Å². The van der Waals surface area contributed by atoms with Gasteiger partial charge in [0.15, 0.2) is 0 Å². The van der Waals surface area contributed by atoms with Gasteiger partial charge in [0.2, 0.25) is 11.8 Å². The third kappa shape index (κ3) is 6.55. The molecule has 0 aliphatic carbocycles. The maximum absolute atomic E-state index is 12.0. The fraction of sp³-hybridized carbons (Fsp3) is 0.263. The quantitative estimate of drug-likeness (QED) is 0.687. The first-order chi connectivity index (χ1) is 12.1. The Morgan fingerprint density at radius 2 is 1.64 bits per heavy atom. The SMILES string of the molecule is CCOc1ccc(NCCC(=O)Nc2cccc(NC(C)=O)c2)cc1. The highest BCUT2D eigenvalue weighted by atomic mass is 16.5. The Bertz CT molecular complexity index is 714. The van der Waals surface area contributed by atoms with E-state index < -0.39 is 0 Å². The summed E-state index contributed by atoms with van der Waals surface area (Å²) in [6.07, 6.45) is 0.331. The summed E-state index contributed by atoms with van der Waals surface area (Å²) in [5, 5.41) is 8.70. The molecule has 0 atom stereocenters. The molecule has 25 heavy (non-hydrogen) atoms. The summed E-state index contributed by atoms with van der Waals surface area (Å²) in [6, 6.07) is 14.7. The largest absolute Gasteiger partial charge is 0.494 e. The molecule has 0 spiro atoms. The fourth-order valence-corrected chi connectivity index (χ4v) is 2.26. The van der Waals surface area contributed by atoms with Crippen molar-refractivity contribution in [3.8, 4) is 5.75 Å². The van der Waals surface area contributed by atoms with E-state index in [4.69, 9.17) is 4.74 Å². The Hall–Kier alpha value is -3.02. The summed E-state index contributed by atoms with van der Waals surface area (Å²) in [7, 11) is 0. The number of ether oxygens (including phenoxy) is 1. The minimum atomic E-state index is -0.150. The molecule has 3 N–H and O–H groups in total. The third-order valence-electron chi connectivity index (χ3n) is 3.31. The van der Waals surface area contributed by atoms with Crippen LogP contribution in [0, 0.1) is 0 Å². The lowest BCUT2D eigenvalue weighted by Gasteiger charge is -2.10. The average molecular weight is 341 g/mol. The van der Waals surface area contributed by atoms with Crippen molar-refractivity contribution in [2.24, 2.45) is 0 Å². The van der Waals surface area contributed by atoms with Gasteiger partial charge in [-0.2, -0.15) is 0 Å². The van der Waals surface area contributed by atoms with Gasteiger partial charge in [0.05, 0.1) is 6.61 Å². The molecule has 2 amide bonds. The predicted molar refractivity (Wildman–Crippen MR) is 100 cm³/mol. The zero-order valence-corrected chi connectivity index (χ0v) is 14.5. The number of hydrogen-bond donors (Lipinski definition) is 3. The molecule has 0 unspecified atom stereocenters. The maximum Gasteiger partial charge on any atom is 0.226 e. The summed E-state index contributed by atoms with van der Waals surface area (Å²) < 4.78 is 5.39. The second-order valence-corrected chi connectivity index (χ2v) is 5.44. The van der Waals surface area contributed by atoms with Crippen molar-refractivity contribution in [3.63, 3.8) is 0 Å². The summed E-state index contributed by atoms with van der Waals surface area (Å²) in [5.41, 5.74) is 2.24. The molecule has 132 valence electrons. The van der Waals surface area contributed by atoms with E-state index >= 15 is 0 Å². The van der Waals surface area contributed by atoms with Crippen LogP contribution in [0.25, 0.3) is 0 Å². The van der Waals surface area contributed by atoms with Gasteiger partial charge in [-0.1, -0.05) is 6.07 Å². The molecule has 0 bridgehead atoms. The highest BCUT2D eigenvalue weighted by molar-refractivity contribution is 5.93. The van der Waals surface area contributed by atoms with Gasteiger partial charge in [-0.3, -0.25) is 9.59 Å². The third-order valence-corrected chi connectivity index (χ3v) is 3.31. The maximum atomic E-state index is 12.0. The molecule has 0 saturated heterocycles. The van der Waals surface area contributed by atoms with E-state index in [2.05, 4.69) is 16.0 Å². The Kier molecular flexibility index (Phi) is 6.83. The van der Waals surface area contributed by atoms with Crippen molar-refractivity contribution in [1.82, 2.24) is 0 Å². The van der Waals surface area contributed by atoms with E-state index in [-0.39, 0.29) is 11.8 Å². The lowest BCUT2D eigenvalue weighted by Crippen LogP contribution is -2.16. The van der Waals surface area contributed by atoms with Crippen molar-refractivity contribution >= 4 is 28.9 Å². The van der Waals surface area contributed by atoms with E-state index in [0.717, 1.165) is 11.4 Å². The second kappa shape index (κ2) is 9.32. The molecular weight excluding hydrogens is 318 g/mol. The molecule has 0 saturated carbocycles. The van der Waals surface area contributed by atoms with Gasteiger partial charge in [-0.05, 0) is 49.4 Å². The monoisotopic (exact) mass is 341 g/mol. The van der Waals surface area contributed by atoms with Crippen LogP contribution in [0.3, 0.4) is 0 Å². The molecule has 0 aliphatic rings. The van der Waals surface area contributed by atoms with E-state index in [1.807, 2.05) is 31.2 Å². The second-order valence-electron chi connectivity index (χ2n) is 5.44. The van der Waals surface area contributed by atoms with Crippen molar-refractivity contribution in [3.05, 3.63) is 48.5 Å². The van der Waals surface area contributed by atoms with Crippen LogP contribution >= 0.6 is 0 Å². The first-order valence-corrected chi connectivity index (χ1v) is 8.21. The van der Waals surface area contributed by atoms with E-state index in [9.17, 15) is 9.59 Å². The van der Waals surface area contributed by atoms with Gasteiger partial charge >= 0.3 is 0 Å². The van der Waals surface area contributed by atoms with Gasteiger partial charge in [0, 0.05) is 37.0 Å². The van der Waals surface area contributed by atoms with Crippen molar-refractivity contribution in [2.45, 2.75) is 20.3 Å². The number of benzene rings is 2. The van der Waals surface area contributed by atoms with Crippen molar-refractivity contribution < 1.29 is 14.3 Å². The van der Waals surface area contributed by atoms with Gasteiger partial charge in [0.1, 0.15) is 5.75 Å². The summed E-state index contributed by atoms with van der Waals surface area (Å²) in [5.74, 6) is 0.575. The van der Waals surface area contributed by atoms with Crippen LogP contribution in [0.5, 0.6) is 5.75 Å². The molecule has 2 aromatic carbocycles. The Morgan fingerprint density at radius 1 is 0.960 bits per heavy atom. The Morgan fingerprint density at radius 3 is 2.28 bits per heavy atom. The average Bonchev–Trinajstić information content (AvgIpc) is 2.56. The molecular formula is C19H23N3O3. The smallest absolute Gasteiger partial charge is 0.226 e. The van der Waals surface area contributed by atoms with Crippen LogP contribution in [0.1, 0.15) is 20.3 Å². The number of hydrogen-bond acceptors (Lipinski definition) is 4. The zero-order valence-electron chi connectivity index (χ0n) is 14.5. The number of anilines is 3. The molecule has 0 radical (unpaired) electrons. The van der Waals surface area contributed by atoms with Gasteiger partial charge in [0.25, 0.3) is 0 Å². The van der Waals surface area contributed by atoms with Crippen LogP contribution in [-0.2, 0) is 9.59 Å². The number of amides is 2. The molecule has 2 rings (SSSR count). The van der Waals surface area contributed by atoms with E-state index in [1.165, 1.54) is 6.92 Å². The standard InChI is InChI=1S/C19H23N3O3/c1-3-25-18-9-7-15(8-10-18)20-12-11-19(24)22-17-6-4-5-16(13-17)21-14(2)23/h4-10,13,20H,3,11-12H2,1-2H3,(H,21,23)(H,22,24). The minimum Gasteiger partial charge on any atom is -0.494 e. The Balaban J connectivity index is 1.77. The van der Waals surface area contributed by atoms with Crippen LogP contribution in [0.2, 0.25) is 0 Å². The predicted octanol–water partition coefficient (Wildman–Crippen LogP) is 3.48. The summed E-state index contributed by atoms with van der Waals surface area (Å²) in [4.78, 5) is 23.1. The normalized spacial score (nSPS) is 10.0. The highest BCUT2D eigenvalue weighted by Crippen LogP contribution is 2.16. The minimum absolute atomic E-state index is 0.0987. The molecule has 6 nitrogen and oxygen atoms in total. The first kappa shape index (κ1) is 18.3. The molecule has 2 aromatic rings. The number of carbonyl (C=O) groups excluding carboxylic acids is 2. The topological polar surface area (TPSA) is 79.5 Å². The lowest BCUT2D eigenvalue weighted by molar-refractivity contribution is -0.116. The molecule has 6 heteroatoms. The van der Waals surface area contributed by atoms with Gasteiger partial charge in [-0.25, -0.2) is 0 Å². The van der Waals surface area contributed by atoms with Crippen LogP contribution in [-0.4, -0.2) is 25.0 Å². The summed E-state index contributed by atoms with van der Waals surface area (Å²) in [6.45, 7) is 4.54. The van der Waals surface area contributed by atoms with Crippen molar-refractivity contribution in [2.75, 3.05) is 29.1 Å². The molecule has 0 aliphatic heterocycles. The number of rotatable bonds is 8. The van der Waals surface area contributed by atoms with Crippen molar-refractivity contribution in [1.29, 1.82) is 0 Å². The molecule has 0 heterocycles. The van der Waals surface area contributed by atoms with Crippen LogP contribution in [0.4, 0.5) is 17.1 Å². The van der Waals surface area contributed by atoms with E-state index in [1.54, 1.807) is 24.3 Å². The van der Waals surface area contributed by atoms with Gasteiger partial charge < -0.3 is 20.7 Å². The van der Waals surface area contributed by atoms with Gasteiger partial charge in [-0.15, -0.1) is 0 Å². The lowest BCUT2D eigenvalue weighted by atomic mass is 10.2.